The fourth-order valence-corrected chi connectivity index (χ4v) is 2.62. The molecule has 1 N–H and O–H groups in total. The number of nitrogens with zero attached hydrogens (tertiary/aromatic N) is 2. The second-order valence-corrected chi connectivity index (χ2v) is 5.42. The minimum Gasteiger partial charge on any atom is -0.294 e. The molecular formula is C14H21N3O. The second kappa shape index (κ2) is 5.94. The molecule has 18 heavy (non-hydrogen) atoms. The van der Waals surface area contributed by atoms with Crippen LogP contribution >= 0.6 is 0 Å². The zero-order valence-corrected chi connectivity index (χ0v) is 11.1. The molecule has 0 atom stereocenters. The van der Waals surface area contributed by atoms with E-state index in [2.05, 4.69) is 29.1 Å². The maximum absolute atomic E-state index is 12.1. The summed E-state index contributed by atoms with van der Waals surface area (Å²) >= 11 is 0. The Bertz CT molecular complexity index is 383. The summed E-state index contributed by atoms with van der Waals surface area (Å²) in [6.45, 7) is 4.53. The number of hydrogen-bond acceptors (Lipinski definition) is 3. The summed E-state index contributed by atoms with van der Waals surface area (Å²) in [6.07, 6.45) is 7.57. The van der Waals surface area contributed by atoms with Crippen molar-refractivity contribution in [1.82, 2.24) is 9.97 Å². The monoisotopic (exact) mass is 247 g/mol. The molecule has 2 rings (SSSR count). The standard InChI is InChI=1S/C14H21N3O/c1-10(2)11-4-6-12(7-5-11)13(18)17-14-15-8-3-9-16-14/h3,8-12H,4-7H2,1-2H3,(H,15,16,17,18). The molecule has 0 spiro atoms. The largest absolute Gasteiger partial charge is 0.294 e. The first kappa shape index (κ1) is 13.0. The van der Waals surface area contributed by atoms with E-state index in [-0.39, 0.29) is 11.8 Å². The van der Waals surface area contributed by atoms with Crippen LogP contribution in [-0.4, -0.2) is 15.9 Å². The van der Waals surface area contributed by atoms with Crippen molar-refractivity contribution in [2.24, 2.45) is 17.8 Å². The molecule has 0 aliphatic heterocycles. The fraction of sp³-hybridized carbons (Fsp3) is 0.643. The van der Waals surface area contributed by atoms with Gasteiger partial charge in [0, 0.05) is 18.3 Å². The lowest BCUT2D eigenvalue weighted by Crippen LogP contribution is -2.29. The number of nitrogens with one attached hydrogen (secondary N) is 1. The average molecular weight is 247 g/mol. The lowest BCUT2D eigenvalue weighted by molar-refractivity contribution is -0.121. The minimum atomic E-state index is 0.0726. The Morgan fingerprint density at radius 3 is 2.39 bits per heavy atom. The first-order valence-electron chi connectivity index (χ1n) is 6.74. The van der Waals surface area contributed by atoms with Crippen LogP contribution < -0.4 is 5.32 Å². The third kappa shape index (κ3) is 3.28. The summed E-state index contributed by atoms with van der Waals surface area (Å²) in [5.74, 6) is 2.12. The van der Waals surface area contributed by atoms with Crippen LogP contribution in [0.25, 0.3) is 0 Å². The molecule has 1 aliphatic carbocycles. The number of anilines is 1. The van der Waals surface area contributed by atoms with Gasteiger partial charge >= 0.3 is 0 Å². The second-order valence-electron chi connectivity index (χ2n) is 5.42. The van der Waals surface area contributed by atoms with E-state index in [9.17, 15) is 4.79 Å². The van der Waals surface area contributed by atoms with E-state index in [1.54, 1.807) is 18.5 Å². The average Bonchev–Trinajstić information content (AvgIpc) is 2.40. The highest BCUT2D eigenvalue weighted by Crippen LogP contribution is 2.33. The van der Waals surface area contributed by atoms with Crippen molar-refractivity contribution in [3.63, 3.8) is 0 Å². The third-order valence-electron chi connectivity index (χ3n) is 3.89. The molecule has 0 radical (unpaired) electrons. The van der Waals surface area contributed by atoms with Crippen LogP contribution in [0.1, 0.15) is 39.5 Å². The molecule has 1 heterocycles. The number of amides is 1. The van der Waals surface area contributed by atoms with E-state index in [1.807, 2.05) is 0 Å². The van der Waals surface area contributed by atoms with Gasteiger partial charge in [-0.15, -0.1) is 0 Å². The molecule has 0 bridgehead atoms. The first-order chi connectivity index (χ1) is 8.66. The summed E-state index contributed by atoms with van der Waals surface area (Å²) in [5, 5.41) is 2.79. The van der Waals surface area contributed by atoms with Crippen LogP contribution in [0.5, 0.6) is 0 Å². The minimum absolute atomic E-state index is 0.0726. The number of carbonyl (C=O) groups is 1. The summed E-state index contributed by atoms with van der Waals surface area (Å²) < 4.78 is 0. The molecule has 0 aromatic carbocycles. The van der Waals surface area contributed by atoms with Gasteiger partial charge in [0.1, 0.15) is 0 Å². The van der Waals surface area contributed by atoms with Crippen LogP contribution in [-0.2, 0) is 4.79 Å². The van der Waals surface area contributed by atoms with E-state index in [1.165, 1.54) is 0 Å². The maximum atomic E-state index is 12.1. The van der Waals surface area contributed by atoms with Crippen LogP contribution in [0.2, 0.25) is 0 Å². The molecule has 4 nitrogen and oxygen atoms in total. The Labute approximate surface area is 108 Å². The van der Waals surface area contributed by atoms with Gasteiger partial charge in [0.15, 0.2) is 0 Å². The molecule has 98 valence electrons. The van der Waals surface area contributed by atoms with E-state index in [4.69, 9.17) is 0 Å². The molecule has 1 aromatic rings. The van der Waals surface area contributed by atoms with Gasteiger partial charge in [-0.05, 0) is 43.6 Å². The lowest BCUT2D eigenvalue weighted by atomic mass is 9.77. The predicted octanol–water partition coefficient (Wildman–Crippen LogP) is 2.88. The summed E-state index contributed by atoms with van der Waals surface area (Å²) in [4.78, 5) is 20.1. The molecule has 4 heteroatoms. The molecule has 0 saturated heterocycles. The third-order valence-corrected chi connectivity index (χ3v) is 3.89. The van der Waals surface area contributed by atoms with Crippen molar-refractivity contribution in [1.29, 1.82) is 0 Å². The SMILES string of the molecule is CC(C)C1CCC(C(=O)Nc2ncccn2)CC1. The highest BCUT2D eigenvalue weighted by Gasteiger charge is 2.27. The summed E-state index contributed by atoms with van der Waals surface area (Å²) in [6, 6.07) is 1.74. The van der Waals surface area contributed by atoms with Gasteiger partial charge in [0.2, 0.25) is 11.9 Å². The zero-order chi connectivity index (χ0) is 13.0. The summed E-state index contributed by atoms with van der Waals surface area (Å²) in [7, 11) is 0. The van der Waals surface area contributed by atoms with E-state index in [0.717, 1.165) is 37.5 Å². The van der Waals surface area contributed by atoms with Crippen molar-refractivity contribution in [3.8, 4) is 0 Å². The topological polar surface area (TPSA) is 54.9 Å². The van der Waals surface area contributed by atoms with Gasteiger partial charge in [-0.1, -0.05) is 13.8 Å². The van der Waals surface area contributed by atoms with Crippen LogP contribution in [0, 0.1) is 17.8 Å². The van der Waals surface area contributed by atoms with Crippen LogP contribution in [0.4, 0.5) is 5.95 Å². The summed E-state index contributed by atoms with van der Waals surface area (Å²) in [5.41, 5.74) is 0. The van der Waals surface area contributed by atoms with Crippen molar-refractivity contribution in [2.45, 2.75) is 39.5 Å². The fourth-order valence-electron chi connectivity index (χ4n) is 2.62. The van der Waals surface area contributed by atoms with Crippen molar-refractivity contribution >= 4 is 11.9 Å². The quantitative estimate of drug-likeness (QED) is 0.893. The van der Waals surface area contributed by atoms with Crippen molar-refractivity contribution in [3.05, 3.63) is 18.5 Å². The molecule has 1 aromatic heterocycles. The van der Waals surface area contributed by atoms with Crippen LogP contribution in [0.3, 0.4) is 0 Å². The predicted molar refractivity (Wildman–Crippen MR) is 70.9 cm³/mol. The molecule has 1 saturated carbocycles. The highest BCUT2D eigenvalue weighted by atomic mass is 16.2. The zero-order valence-electron chi connectivity index (χ0n) is 11.1. The normalized spacial score (nSPS) is 23.9. The Balaban J connectivity index is 1.85. The highest BCUT2D eigenvalue weighted by molar-refractivity contribution is 5.90. The van der Waals surface area contributed by atoms with E-state index in [0.29, 0.717) is 5.95 Å². The number of carbonyl (C=O) groups excluding carboxylic acids is 1. The molecular weight excluding hydrogens is 226 g/mol. The molecule has 0 unspecified atom stereocenters. The smallest absolute Gasteiger partial charge is 0.229 e. The first-order valence-corrected chi connectivity index (χ1v) is 6.74. The van der Waals surface area contributed by atoms with Gasteiger partial charge in [-0.2, -0.15) is 0 Å². The Kier molecular flexibility index (Phi) is 4.28. The van der Waals surface area contributed by atoms with Gasteiger partial charge in [-0.25, -0.2) is 9.97 Å². The lowest BCUT2D eigenvalue weighted by Gasteiger charge is -2.29. The van der Waals surface area contributed by atoms with Crippen molar-refractivity contribution in [2.75, 3.05) is 5.32 Å². The van der Waals surface area contributed by atoms with E-state index >= 15 is 0 Å². The number of hydrogen-bond donors (Lipinski definition) is 1. The van der Waals surface area contributed by atoms with E-state index < -0.39 is 0 Å². The molecule has 1 amide bonds. The van der Waals surface area contributed by atoms with Gasteiger partial charge in [-0.3, -0.25) is 10.1 Å². The Hall–Kier alpha value is -1.45. The number of rotatable bonds is 3. The Morgan fingerprint density at radius 2 is 1.83 bits per heavy atom. The molecule has 1 aliphatic rings. The number of aromatic nitrogens is 2. The Morgan fingerprint density at radius 1 is 1.22 bits per heavy atom. The maximum Gasteiger partial charge on any atom is 0.229 e. The van der Waals surface area contributed by atoms with Crippen LogP contribution in [0.15, 0.2) is 18.5 Å². The van der Waals surface area contributed by atoms with Crippen molar-refractivity contribution < 1.29 is 4.79 Å². The van der Waals surface area contributed by atoms with Gasteiger partial charge in [0.05, 0.1) is 0 Å². The van der Waals surface area contributed by atoms with Gasteiger partial charge in [0.25, 0.3) is 0 Å². The van der Waals surface area contributed by atoms with Gasteiger partial charge < -0.3 is 0 Å². The molecule has 1 fully saturated rings.